The van der Waals surface area contributed by atoms with Gasteiger partial charge in [-0.2, -0.15) is 0 Å². The topological polar surface area (TPSA) is 0 Å². The zero-order valence-corrected chi connectivity index (χ0v) is 9.12. The zero-order valence-electron chi connectivity index (χ0n) is 7.96. The summed E-state index contributed by atoms with van der Waals surface area (Å²) >= 11 is 0. The van der Waals surface area contributed by atoms with Gasteiger partial charge < -0.3 is 0 Å². The molecule has 13 heavy (non-hydrogen) atoms. The molecule has 1 aromatic carbocycles. The third kappa shape index (κ3) is 3.15. The summed E-state index contributed by atoms with van der Waals surface area (Å²) in [5.74, 6) is 0. The Bertz CT molecular complexity index is 269. The number of benzene rings is 1. The molecule has 0 aliphatic heterocycles. The first kappa shape index (κ1) is 10.2. The minimum Gasteiger partial charge on any atom is -0.218 e. The molecule has 0 aliphatic rings. The van der Waals surface area contributed by atoms with Gasteiger partial charge in [-0.05, 0) is 6.04 Å². The lowest BCUT2D eigenvalue weighted by molar-refractivity contribution is 0.687. The molecule has 1 unspecified atom stereocenters. The van der Waals surface area contributed by atoms with Gasteiger partial charge in [-0.1, -0.05) is 55.4 Å². The highest BCUT2D eigenvalue weighted by atomic mass is 28.3. The zero-order chi connectivity index (χ0) is 9.68. The molecule has 0 heterocycles. The Hall–Kier alpha value is -0.893. The summed E-state index contributed by atoms with van der Waals surface area (Å²) in [5, 5.41) is 0. The van der Waals surface area contributed by atoms with Crippen molar-refractivity contribution in [2.75, 3.05) is 0 Å². The van der Waals surface area contributed by atoms with E-state index in [1.165, 1.54) is 5.56 Å². The van der Waals surface area contributed by atoms with Gasteiger partial charge in [0.05, 0.1) is 5.45 Å². The van der Waals surface area contributed by atoms with E-state index in [9.17, 15) is 4.39 Å². The molecule has 0 aliphatic carbocycles. The molecule has 0 N–H and O–H groups in total. The van der Waals surface area contributed by atoms with Gasteiger partial charge in [0.25, 0.3) is 0 Å². The third-order valence-electron chi connectivity index (χ3n) is 2.26. The van der Waals surface area contributed by atoms with Crippen LogP contribution in [0.5, 0.6) is 0 Å². The summed E-state index contributed by atoms with van der Waals surface area (Å²) in [6.45, 7) is 5.46. The lowest BCUT2D eigenvalue weighted by atomic mass is 10.2. The van der Waals surface area contributed by atoms with Crippen LogP contribution in [-0.4, -0.2) is 8.80 Å². The highest BCUT2D eigenvalue weighted by molar-refractivity contribution is 6.65. The van der Waals surface area contributed by atoms with Crippen molar-refractivity contribution in [3.63, 3.8) is 0 Å². The second-order valence-corrected chi connectivity index (χ2v) is 6.49. The molecule has 0 spiro atoms. The minimum atomic E-state index is -1.37. The Labute approximate surface area is 80.7 Å². The number of hydrogen-bond donors (Lipinski definition) is 0. The molecule has 0 fully saturated rings. The Morgan fingerprint density at radius 1 is 1.38 bits per heavy atom. The molecule has 1 atom stereocenters. The van der Waals surface area contributed by atoms with Crippen LogP contribution in [0.1, 0.15) is 12.5 Å². The van der Waals surface area contributed by atoms with E-state index < -0.39 is 8.80 Å². The molecule has 0 saturated heterocycles. The van der Waals surface area contributed by atoms with Crippen molar-refractivity contribution in [3.05, 3.63) is 47.9 Å². The number of halogens is 1. The molecule has 1 rings (SSSR count). The molecular weight excluding hydrogens is 179 g/mol. The molecule has 0 aromatic heterocycles. The Balaban J connectivity index is 2.62. The summed E-state index contributed by atoms with van der Waals surface area (Å²) in [6.07, 6.45) is 0. The van der Waals surface area contributed by atoms with Gasteiger partial charge >= 0.3 is 0 Å². The SMILES string of the molecule is C=C(F)[SiH](CC)Cc1ccccc1. The molecule has 1 aromatic rings. The second-order valence-electron chi connectivity index (χ2n) is 3.24. The maximum Gasteiger partial charge on any atom is 0.111 e. The standard InChI is InChI=1S/C11H15FSi/c1-3-13(10(2)12)9-11-7-5-4-6-8-11/h4-8,13H,2-3,9H2,1H3. The van der Waals surface area contributed by atoms with E-state index in [0.717, 1.165) is 12.1 Å². The lowest BCUT2D eigenvalue weighted by Gasteiger charge is -2.09. The van der Waals surface area contributed by atoms with E-state index >= 15 is 0 Å². The van der Waals surface area contributed by atoms with Crippen molar-refractivity contribution in [1.82, 2.24) is 0 Å². The lowest BCUT2D eigenvalue weighted by Crippen LogP contribution is -2.16. The average molecular weight is 194 g/mol. The van der Waals surface area contributed by atoms with Crippen LogP contribution in [0, 0.1) is 0 Å². The van der Waals surface area contributed by atoms with Gasteiger partial charge in [0.1, 0.15) is 8.80 Å². The van der Waals surface area contributed by atoms with Crippen molar-refractivity contribution in [2.45, 2.75) is 19.0 Å². The molecule has 0 bridgehead atoms. The van der Waals surface area contributed by atoms with Gasteiger partial charge in [-0.15, -0.1) is 0 Å². The van der Waals surface area contributed by atoms with E-state index in [2.05, 4.69) is 18.7 Å². The van der Waals surface area contributed by atoms with Crippen LogP contribution in [0.25, 0.3) is 0 Å². The van der Waals surface area contributed by atoms with Gasteiger partial charge in [0.2, 0.25) is 0 Å². The first-order valence-corrected chi connectivity index (χ1v) is 6.83. The fourth-order valence-corrected chi connectivity index (χ4v) is 3.17. The van der Waals surface area contributed by atoms with Crippen molar-refractivity contribution >= 4 is 8.80 Å². The summed E-state index contributed by atoms with van der Waals surface area (Å²) in [6, 6.07) is 11.9. The summed E-state index contributed by atoms with van der Waals surface area (Å²) in [4.78, 5) is 0. The van der Waals surface area contributed by atoms with Crippen molar-refractivity contribution in [2.24, 2.45) is 0 Å². The van der Waals surface area contributed by atoms with Crippen LogP contribution >= 0.6 is 0 Å². The van der Waals surface area contributed by atoms with Crippen LogP contribution in [-0.2, 0) is 6.04 Å². The molecule has 0 radical (unpaired) electrons. The van der Waals surface area contributed by atoms with Crippen LogP contribution in [0.3, 0.4) is 0 Å². The summed E-state index contributed by atoms with van der Waals surface area (Å²) < 4.78 is 12.9. The maximum absolute atomic E-state index is 12.9. The van der Waals surface area contributed by atoms with E-state index in [4.69, 9.17) is 0 Å². The molecule has 70 valence electrons. The van der Waals surface area contributed by atoms with E-state index in [1.54, 1.807) is 0 Å². The number of rotatable bonds is 4. The minimum absolute atomic E-state index is 0.0636. The predicted molar refractivity (Wildman–Crippen MR) is 58.0 cm³/mol. The van der Waals surface area contributed by atoms with Crippen LogP contribution < -0.4 is 0 Å². The Kier molecular flexibility index (Phi) is 3.90. The van der Waals surface area contributed by atoms with Gasteiger partial charge in [0, 0.05) is 0 Å². The van der Waals surface area contributed by atoms with Crippen LogP contribution in [0.4, 0.5) is 4.39 Å². The molecule has 0 amide bonds. The Morgan fingerprint density at radius 2 is 2.00 bits per heavy atom. The third-order valence-corrected chi connectivity index (χ3v) is 5.10. The normalized spacial score (nSPS) is 12.5. The van der Waals surface area contributed by atoms with Crippen LogP contribution in [0.2, 0.25) is 6.04 Å². The first-order chi connectivity index (χ1) is 6.24. The maximum atomic E-state index is 12.9. The van der Waals surface area contributed by atoms with E-state index in [-0.39, 0.29) is 5.45 Å². The van der Waals surface area contributed by atoms with E-state index in [0.29, 0.717) is 0 Å². The summed E-state index contributed by atoms with van der Waals surface area (Å²) in [5.41, 5.74) is 1.17. The van der Waals surface area contributed by atoms with Gasteiger partial charge in [-0.25, -0.2) is 4.39 Å². The second kappa shape index (κ2) is 4.97. The monoisotopic (exact) mass is 194 g/mol. The van der Waals surface area contributed by atoms with Crippen LogP contribution in [0.15, 0.2) is 42.4 Å². The van der Waals surface area contributed by atoms with E-state index in [1.807, 2.05) is 25.1 Å². The molecular formula is C11H15FSi. The molecule has 0 nitrogen and oxygen atoms in total. The largest absolute Gasteiger partial charge is 0.218 e. The highest BCUT2D eigenvalue weighted by Gasteiger charge is 2.12. The van der Waals surface area contributed by atoms with Gasteiger partial charge in [0.15, 0.2) is 0 Å². The predicted octanol–water partition coefficient (Wildman–Crippen LogP) is 3.04. The Morgan fingerprint density at radius 3 is 2.46 bits per heavy atom. The fraction of sp³-hybridized carbons (Fsp3) is 0.273. The van der Waals surface area contributed by atoms with Crippen molar-refractivity contribution in [3.8, 4) is 0 Å². The molecule has 0 saturated carbocycles. The van der Waals surface area contributed by atoms with Crippen molar-refractivity contribution in [1.29, 1.82) is 0 Å². The smallest absolute Gasteiger partial charge is 0.111 e. The van der Waals surface area contributed by atoms with Gasteiger partial charge in [-0.3, -0.25) is 0 Å². The van der Waals surface area contributed by atoms with Crippen molar-refractivity contribution < 1.29 is 4.39 Å². The summed E-state index contributed by atoms with van der Waals surface area (Å²) in [7, 11) is -1.37. The fourth-order valence-electron chi connectivity index (χ4n) is 1.38. The number of hydrogen-bond acceptors (Lipinski definition) is 0. The highest BCUT2D eigenvalue weighted by Crippen LogP contribution is 2.11. The average Bonchev–Trinajstić information content (AvgIpc) is 2.15. The molecule has 2 heteroatoms. The first-order valence-electron chi connectivity index (χ1n) is 4.62. The quantitative estimate of drug-likeness (QED) is 0.646.